The van der Waals surface area contributed by atoms with Crippen LogP contribution in [0.5, 0.6) is 11.5 Å². The average molecular weight is 425 g/mol. The van der Waals surface area contributed by atoms with Gasteiger partial charge in [-0.1, -0.05) is 61.0 Å². The van der Waals surface area contributed by atoms with Crippen LogP contribution in [-0.2, 0) is 11.2 Å². The molecular weight excluding hydrogens is 400 g/mol. The Bertz CT molecular complexity index is 1060. The number of amides is 1. The number of ether oxygens (including phenoxy) is 2. The van der Waals surface area contributed by atoms with Gasteiger partial charge in [-0.05, 0) is 47.4 Å². The van der Waals surface area contributed by atoms with Gasteiger partial charge < -0.3 is 9.47 Å². The Labute approximate surface area is 181 Å². The summed E-state index contributed by atoms with van der Waals surface area (Å²) in [5.74, 6) is 0.828. The van der Waals surface area contributed by atoms with Gasteiger partial charge in [0.1, 0.15) is 0 Å². The number of carbonyl (C=O) groups is 1. The molecule has 1 N–H and O–H groups in total. The summed E-state index contributed by atoms with van der Waals surface area (Å²) in [6.45, 7) is 4.00. The van der Waals surface area contributed by atoms with Gasteiger partial charge in [-0.3, -0.25) is 4.79 Å². The van der Waals surface area contributed by atoms with Crippen molar-refractivity contribution in [3.05, 3.63) is 70.7 Å². The van der Waals surface area contributed by atoms with Crippen molar-refractivity contribution in [1.82, 2.24) is 5.43 Å². The zero-order valence-electron chi connectivity index (χ0n) is 17.3. The molecule has 0 fully saturated rings. The lowest BCUT2D eigenvalue weighted by molar-refractivity contribution is -0.120. The topological polar surface area (TPSA) is 59.9 Å². The van der Waals surface area contributed by atoms with Crippen molar-refractivity contribution in [2.75, 3.05) is 7.11 Å². The number of nitrogens with zero attached hydrogens (tertiary/aromatic N) is 1. The van der Waals surface area contributed by atoms with Gasteiger partial charge in [0.25, 0.3) is 0 Å². The van der Waals surface area contributed by atoms with E-state index in [9.17, 15) is 4.79 Å². The minimum Gasteiger partial charge on any atom is -0.493 e. The highest BCUT2D eigenvalue weighted by atomic mass is 35.5. The molecule has 0 radical (unpaired) electrons. The quantitative estimate of drug-likeness (QED) is 0.390. The van der Waals surface area contributed by atoms with E-state index in [4.69, 9.17) is 21.1 Å². The molecule has 0 aromatic heterocycles. The van der Waals surface area contributed by atoms with E-state index >= 15 is 0 Å². The van der Waals surface area contributed by atoms with Gasteiger partial charge in [0, 0.05) is 0 Å². The van der Waals surface area contributed by atoms with Crippen molar-refractivity contribution in [3.63, 3.8) is 0 Å². The molecule has 1 atom stereocenters. The fourth-order valence-corrected chi connectivity index (χ4v) is 3.31. The number of halogens is 1. The second-order valence-corrected chi connectivity index (χ2v) is 7.39. The molecule has 156 valence electrons. The van der Waals surface area contributed by atoms with Crippen molar-refractivity contribution < 1.29 is 14.3 Å². The molecule has 0 bridgehead atoms. The fraction of sp³-hybridized carbons (Fsp3) is 0.250. The highest BCUT2D eigenvalue weighted by Crippen LogP contribution is 2.37. The van der Waals surface area contributed by atoms with Gasteiger partial charge in [0.05, 0.1) is 30.9 Å². The smallest absolute Gasteiger partial charge is 0.244 e. The summed E-state index contributed by atoms with van der Waals surface area (Å²) >= 11 is 6.36. The summed E-state index contributed by atoms with van der Waals surface area (Å²) in [5.41, 5.74) is 4.22. The maximum atomic E-state index is 12.3. The Balaban J connectivity index is 1.68. The minimum atomic E-state index is -0.197. The number of hydrogen-bond donors (Lipinski definition) is 1. The summed E-state index contributed by atoms with van der Waals surface area (Å²) in [7, 11) is 1.56. The molecule has 3 aromatic carbocycles. The predicted octanol–water partition coefficient (Wildman–Crippen LogP) is 5.37. The summed E-state index contributed by atoms with van der Waals surface area (Å²) in [4.78, 5) is 12.3. The molecule has 0 spiro atoms. The molecular formula is C24H25ClN2O3. The molecule has 0 aliphatic rings. The average Bonchev–Trinajstić information content (AvgIpc) is 2.75. The third-order valence-corrected chi connectivity index (χ3v) is 5.06. The number of carbonyl (C=O) groups excluding carboxylic acids is 1. The fourth-order valence-electron chi connectivity index (χ4n) is 3.05. The third-order valence-electron chi connectivity index (χ3n) is 4.78. The highest BCUT2D eigenvalue weighted by molar-refractivity contribution is 6.32. The van der Waals surface area contributed by atoms with Crippen LogP contribution in [0.2, 0.25) is 5.02 Å². The van der Waals surface area contributed by atoms with Crippen LogP contribution < -0.4 is 14.9 Å². The zero-order chi connectivity index (χ0) is 21.5. The molecule has 0 aliphatic heterocycles. The first kappa shape index (κ1) is 21.7. The number of rotatable bonds is 8. The van der Waals surface area contributed by atoms with Crippen LogP contribution in [0.25, 0.3) is 10.8 Å². The first-order valence-electron chi connectivity index (χ1n) is 9.84. The molecule has 0 unspecified atom stereocenters. The Morgan fingerprint density at radius 1 is 1.20 bits per heavy atom. The number of hydrazone groups is 1. The van der Waals surface area contributed by atoms with Crippen molar-refractivity contribution in [1.29, 1.82) is 0 Å². The van der Waals surface area contributed by atoms with Gasteiger partial charge in [-0.15, -0.1) is 0 Å². The number of nitrogens with one attached hydrogen (secondary N) is 1. The zero-order valence-corrected chi connectivity index (χ0v) is 18.1. The Morgan fingerprint density at radius 3 is 2.73 bits per heavy atom. The normalized spacial score (nSPS) is 12.1. The molecule has 6 heteroatoms. The van der Waals surface area contributed by atoms with E-state index in [1.165, 1.54) is 6.21 Å². The van der Waals surface area contributed by atoms with Crippen molar-refractivity contribution in [2.45, 2.75) is 32.8 Å². The second-order valence-electron chi connectivity index (χ2n) is 6.98. The van der Waals surface area contributed by atoms with E-state index < -0.39 is 0 Å². The highest BCUT2D eigenvalue weighted by Gasteiger charge is 2.14. The van der Waals surface area contributed by atoms with E-state index in [0.29, 0.717) is 22.1 Å². The van der Waals surface area contributed by atoms with E-state index in [1.54, 1.807) is 19.2 Å². The maximum absolute atomic E-state index is 12.3. The molecule has 1 amide bonds. The molecule has 5 nitrogen and oxygen atoms in total. The van der Waals surface area contributed by atoms with E-state index in [1.807, 2.05) is 56.3 Å². The lowest BCUT2D eigenvalue weighted by Gasteiger charge is -2.17. The van der Waals surface area contributed by atoms with Crippen molar-refractivity contribution >= 4 is 34.5 Å². The second kappa shape index (κ2) is 10.1. The molecule has 3 aromatic rings. The minimum absolute atomic E-state index is 0.0178. The summed E-state index contributed by atoms with van der Waals surface area (Å²) in [5, 5.41) is 6.66. The van der Waals surface area contributed by atoms with Crippen LogP contribution in [0, 0.1) is 0 Å². The van der Waals surface area contributed by atoms with Crippen molar-refractivity contribution in [2.24, 2.45) is 5.10 Å². The molecule has 0 saturated heterocycles. The van der Waals surface area contributed by atoms with Crippen LogP contribution in [0.3, 0.4) is 0 Å². The van der Waals surface area contributed by atoms with Gasteiger partial charge in [-0.2, -0.15) is 5.10 Å². The largest absolute Gasteiger partial charge is 0.493 e. The van der Waals surface area contributed by atoms with E-state index in [0.717, 1.165) is 22.8 Å². The van der Waals surface area contributed by atoms with Crippen molar-refractivity contribution in [3.8, 4) is 11.5 Å². The number of benzene rings is 3. The lowest BCUT2D eigenvalue weighted by Crippen LogP contribution is -2.19. The van der Waals surface area contributed by atoms with E-state index in [-0.39, 0.29) is 18.4 Å². The molecule has 3 rings (SSSR count). The van der Waals surface area contributed by atoms with Crippen LogP contribution in [0.1, 0.15) is 31.4 Å². The Hall–Kier alpha value is -3.05. The molecule has 0 saturated carbocycles. The molecule has 0 aliphatic carbocycles. The lowest BCUT2D eigenvalue weighted by atomic mass is 10.0. The van der Waals surface area contributed by atoms with Gasteiger partial charge in [0.2, 0.25) is 5.91 Å². The van der Waals surface area contributed by atoms with Gasteiger partial charge >= 0.3 is 0 Å². The summed E-state index contributed by atoms with van der Waals surface area (Å²) in [6.07, 6.45) is 2.64. The van der Waals surface area contributed by atoms with Crippen LogP contribution >= 0.6 is 11.6 Å². The van der Waals surface area contributed by atoms with Gasteiger partial charge in [0.15, 0.2) is 11.5 Å². The molecule has 0 heterocycles. The predicted molar refractivity (Wildman–Crippen MR) is 122 cm³/mol. The van der Waals surface area contributed by atoms with Crippen LogP contribution in [0.4, 0.5) is 0 Å². The summed E-state index contributed by atoms with van der Waals surface area (Å²) in [6, 6.07) is 17.4. The SMILES string of the molecule is CC[C@@H](C)Oc1c(Cl)cc(/C=N\NC(=O)Cc2cccc3ccccc23)cc1OC. The number of methoxy groups -OCH3 is 1. The molecule has 30 heavy (non-hydrogen) atoms. The monoisotopic (exact) mass is 424 g/mol. The van der Waals surface area contributed by atoms with Crippen LogP contribution in [0.15, 0.2) is 59.7 Å². The first-order chi connectivity index (χ1) is 14.5. The van der Waals surface area contributed by atoms with Gasteiger partial charge in [-0.25, -0.2) is 5.43 Å². The number of hydrogen-bond acceptors (Lipinski definition) is 4. The number of fused-ring (bicyclic) bond motifs is 1. The Kier molecular flexibility index (Phi) is 7.31. The van der Waals surface area contributed by atoms with Crippen LogP contribution in [-0.4, -0.2) is 25.3 Å². The first-order valence-corrected chi connectivity index (χ1v) is 10.2. The maximum Gasteiger partial charge on any atom is 0.244 e. The van der Waals surface area contributed by atoms with E-state index in [2.05, 4.69) is 10.5 Å². The third kappa shape index (κ3) is 5.30. The Morgan fingerprint density at radius 2 is 1.97 bits per heavy atom. The summed E-state index contributed by atoms with van der Waals surface area (Å²) < 4.78 is 11.2. The standard InChI is InChI=1S/C24H25ClN2O3/c1-4-16(2)30-24-21(25)12-17(13-22(24)29-3)15-26-27-23(28)14-19-10-7-9-18-8-5-6-11-20(18)19/h5-13,15-16H,4,14H2,1-3H3,(H,27,28)/b26-15-/t16-/m1/s1.